The number of rotatable bonds is 16. The molecule has 7 heteroatoms. The molecule has 5 N–H and O–H groups in total. The van der Waals surface area contributed by atoms with Crippen LogP contribution in [-0.4, -0.2) is 58.1 Å². The lowest BCUT2D eigenvalue weighted by Gasteiger charge is -2.31. The molecule has 0 aromatic heterocycles. The van der Waals surface area contributed by atoms with E-state index in [9.17, 15) is 0 Å². The summed E-state index contributed by atoms with van der Waals surface area (Å²) in [6.45, 7) is 21.3. The van der Waals surface area contributed by atoms with Gasteiger partial charge >= 0.3 is 0 Å². The van der Waals surface area contributed by atoms with Crippen molar-refractivity contribution in [3.05, 3.63) is 0 Å². The molecule has 0 bridgehead atoms. The molecule has 0 aliphatic rings. The minimum absolute atomic E-state index is 0.203. The van der Waals surface area contributed by atoms with Crippen molar-refractivity contribution >= 4 is 11.4 Å². The summed E-state index contributed by atoms with van der Waals surface area (Å²) >= 11 is 0. The van der Waals surface area contributed by atoms with Crippen molar-refractivity contribution in [3.8, 4) is 0 Å². The molecule has 0 atom stereocenters. The van der Waals surface area contributed by atoms with Gasteiger partial charge < -0.3 is 26.4 Å². The van der Waals surface area contributed by atoms with E-state index < -0.39 is 0 Å². The average molecular weight is 428 g/mol. The van der Waals surface area contributed by atoms with Crippen LogP contribution in [0.25, 0.3) is 0 Å². The van der Waals surface area contributed by atoms with Gasteiger partial charge in [-0.15, -0.1) is 0 Å². The Kier molecular flexibility index (Phi) is 12.8. The fraction of sp³-hybridized carbons (Fsp3) is 0.913. The molecule has 0 unspecified atom stereocenters. The van der Waals surface area contributed by atoms with Crippen LogP contribution in [0.4, 0.5) is 0 Å². The monoisotopic (exact) mass is 427 g/mol. The Morgan fingerprint density at radius 2 is 1.03 bits per heavy atom. The number of hydrogen-bond acceptors (Lipinski definition) is 7. The molecule has 0 aromatic carbocycles. The van der Waals surface area contributed by atoms with E-state index in [1.165, 1.54) is 0 Å². The molecule has 0 aliphatic carbocycles. The standard InChI is InChI=1S/C23H49N5O2/c1-10-23(9,11-2)26-17-14-20(12-15-24-21(5,6)18(3)27-29)13-16-25-22(7,8)19(4)28-30/h20,24-26,29-30H,10-17H2,1-9H3/b27-18-,28-19-. The van der Waals surface area contributed by atoms with Crippen LogP contribution in [0.2, 0.25) is 0 Å². The summed E-state index contributed by atoms with van der Waals surface area (Å²) in [5.74, 6) is 0.555. The minimum Gasteiger partial charge on any atom is -0.411 e. The first-order chi connectivity index (χ1) is 13.9. The topological polar surface area (TPSA) is 101 Å². The molecule has 0 amide bonds. The first-order valence-corrected chi connectivity index (χ1v) is 11.5. The maximum absolute atomic E-state index is 9.08. The summed E-state index contributed by atoms with van der Waals surface area (Å²) in [4.78, 5) is 0. The van der Waals surface area contributed by atoms with E-state index in [0.29, 0.717) is 17.3 Å². The summed E-state index contributed by atoms with van der Waals surface area (Å²) in [7, 11) is 0. The molecule has 0 spiro atoms. The average Bonchev–Trinajstić information content (AvgIpc) is 2.71. The van der Waals surface area contributed by atoms with E-state index in [0.717, 1.165) is 51.7 Å². The van der Waals surface area contributed by atoms with Crippen LogP contribution in [-0.2, 0) is 0 Å². The number of hydrogen-bond donors (Lipinski definition) is 5. The van der Waals surface area contributed by atoms with Crippen LogP contribution in [0, 0.1) is 5.92 Å². The van der Waals surface area contributed by atoms with E-state index in [4.69, 9.17) is 10.4 Å². The molecule has 7 nitrogen and oxygen atoms in total. The van der Waals surface area contributed by atoms with Crippen molar-refractivity contribution in [1.29, 1.82) is 0 Å². The van der Waals surface area contributed by atoms with Crippen LogP contribution < -0.4 is 16.0 Å². The van der Waals surface area contributed by atoms with E-state index >= 15 is 0 Å². The first kappa shape index (κ1) is 28.8. The maximum Gasteiger partial charge on any atom is 0.0734 e. The zero-order valence-corrected chi connectivity index (χ0v) is 21.0. The van der Waals surface area contributed by atoms with Gasteiger partial charge in [0.05, 0.1) is 22.5 Å². The highest BCUT2D eigenvalue weighted by atomic mass is 16.4. The Hall–Kier alpha value is -1.18. The minimum atomic E-state index is -0.324. The SMILES string of the molecule is CCC(C)(CC)NCCC(CCNC(C)(C)/C(C)=N\O)CCNC(C)(C)/C(C)=N\O. The summed E-state index contributed by atoms with van der Waals surface area (Å²) in [5, 5.41) is 35.7. The lowest BCUT2D eigenvalue weighted by atomic mass is 9.92. The smallest absolute Gasteiger partial charge is 0.0734 e. The molecule has 0 aliphatic heterocycles. The molecule has 30 heavy (non-hydrogen) atoms. The lowest BCUT2D eigenvalue weighted by molar-refractivity contribution is 0.295. The summed E-state index contributed by atoms with van der Waals surface area (Å²) in [6.07, 6.45) is 5.46. The molecule has 0 heterocycles. The van der Waals surface area contributed by atoms with Gasteiger partial charge in [-0.05, 0) is 106 Å². The van der Waals surface area contributed by atoms with Crippen LogP contribution in [0.1, 0.15) is 94.4 Å². The maximum atomic E-state index is 9.08. The normalized spacial score (nSPS) is 14.6. The zero-order valence-electron chi connectivity index (χ0n) is 21.0. The molecule has 0 saturated carbocycles. The van der Waals surface area contributed by atoms with Crippen molar-refractivity contribution in [3.63, 3.8) is 0 Å². The van der Waals surface area contributed by atoms with Gasteiger partial charge in [0.15, 0.2) is 0 Å². The second kappa shape index (κ2) is 13.3. The van der Waals surface area contributed by atoms with Crippen molar-refractivity contribution in [2.24, 2.45) is 16.2 Å². The third kappa shape index (κ3) is 10.2. The molecule has 0 aromatic rings. The van der Waals surface area contributed by atoms with E-state index in [1.54, 1.807) is 0 Å². The van der Waals surface area contributed by atoms with Crippen molar-refractivity contribution in [1.82, 2.24) is 16.0 Å². The highest BCUT2D eigenvalue weighted by Gasteiger charge is 2.24. The number of nitrogens with zero attached hydrogens (tertiary/aromatic N) is 2. The van der Waals surface area contributed by atoms with Gasteiger partial charge in [0.2, 0.25) is 0 Å². The molecule has 0 rings (SSSR count). The van der Waals surface area contributed by atoms with Gasteiger partial charge in [-0.1, -0.05) is 24.2 Å². The third-order valence-corrected chi connectivity index (χ3v) is 7.01. The highest BCUT2D eigenvalue weighted by Crippen LogP contribution is 2.18. The van der Waals surface area contributed by atoms with Gasteiger partial charge in [0.1, 0.15) is 0 Å². The Labute approximate surface area is 185 Å². The van der Waals surface area contributed by atoms with Crippen molar-refractivity contribution in [2.45, 2.75) is 111 Å². The molecule has 0 radical (unpaired) electrons. The predicted molar refractivity (Wildman–Crippen MR) is 128 cm³/mol. The first-order valence-electron chi connectivity index (χ1n) is 11.5. The highest BCUT2D eigenvalue weighted by molar-refractivity contribution is 5.90. The number of nitrogens with one attached hydrogen (secondary N) is 3. The van der Waals surface area contributed by atoms with Gasteiger partial charge in [-0.25, -0.2) is 0 Å². The van der Waals surface area contributed by atoms with E-state index in [1.807, 2.05) is 41.5 Å². The second-order valence-electron chi connectivity index (χ2n) is 9.90. The Bertz CT molecular complexity index is 504. The van der Waals surface area contributed by atoms with Crippen LogP contribution in [0.15, 0.2) is 10.3 Å². The third-order valence-electron chi connectivity index (χ3n) is 7.01. The quantitative estimate of drug-likeness (QED) is 0.143. The molecular formula is C23H49N5O2. The van der Waals surface area contributed by atoms with Crippen LogP contribution in [0.3, 0.4) is 0 Å². The zero-order chi connectivity index (χ0) is 23.4. The Morgan fingerprint density at radius 1 is 0.700 bits per heavy atom. The van der Waals surface area contributed by atoms with Gasteiger partial charge in [-0.3, -0.25) is 0 Å². The second-order valence-corrected chi connectivity index (χ2v) is 9.90. The molecule has 0 fully saturated rings. The predicted octanol–water partition coefficient (Wildman–Crippen LogP) is 4.38. The summed E-state index contributed by atoms with van der Waals surface area (Å²) in [6, 6.07) is 0. The summed E-state index contributed by atoms with van der Waals surface area (Å²) in [5.41, 5.74) is 0.925. The number of oxime groups is 2. The lowest BCUT2D eigenvalue weighted by Crippen LogP contribution is -2.47. The molecule has 0 saturated heterocycles. The van der Waals surface area contributed by atoms with Crippen LogP contribution in [0.5, 0.6) is 0 Å². The van der Waals surface area contributed by atoms with Gasteiger partial charge in [-0.2, -0.15) is 0 Å². The van der Waals surface area contributed by atoms with E-state index in [2.05, 4.69) is 47.0 Å². The van der Waals surface area contributed by atoms with Crippen molar-refractivity contribution < 1.29 is 10.4 Å². The largest absolute Gasteiger partial charge is 0.411 e. The fourth-order valence-electron chi connectivity index (χ4n) is 3.19. The van der Waals surface area contributed by atoms with E-state index in [-0.39, 0.29) is 16.6 Å². The molecular weight excluding hydrogens is 378 g/mol. The fourth-order valence-corrected chi connectivity index (χ4v) is 3.19. The van der Waals surface area contributed by atoms with Gasteiger partial charge in [0.25, 0.3) is 0 Å². The van der Waals surface area contributed by atoms with Gasteiger partial charge in [0, 0.05) is 5.54 Å². The Balaban J connectivity index is 4.83. The Morgan fingerprint density at radius 3 is 1.33 bits per heavy atom. The van der Waals surface area contributed by atoms with Crippen LogP contribution >= 0.6 is 0 Å². The molecule has 178 valence electrons. The van der Waals surface area contributed by atoms with Crippen molar-refractivity contribution in [2.75, 3.05) is 19.6 Å². The summed E-state index contributed by atoms with van der Waals surface area (Å²) < 4.78 is 0.